The van der Waals surface area contributed by atoms with E-state index in [2.05, 4.69) is 75.9 Å². The Bertz CT molecular complexity index is 354. The maximum atomic E-state index is 3.69. The van der Waals surface area contributed by atoms with Gasteiger partial charge in [-0.15, -0.1) is 0 Å². The summed E-state index contributed by atoms with van der Waals surface area (Å²) in [4.78, 5) is 0. The molecule has 3 heteroatoms. The largest absolute Gasteiger partial charge is 0.310 e. The first-order valence-corrected chi connectivity index (χ1v) is 8.74. The van der Waals surface area contributed by atoms with Crippen molar-refractivity contribution in [1.29, 1.82) is 0 Å². The maximum absolute atomic E-state index is 3.69. The van der Waals surface area contributed by atoms with Crippen LogP contribution in [0.3, 0.4) is 0 Å². The monoisotopic (exact) mass is 423 g/mol. The topological polar surface area (TPSA) is 12.0 Å². The Kier molecular flexibility index (Phi) is 8.51. The van der Waals surface area contributed by atoms with E-state index >= 15 is 0 Å². The normalized spacial score (nSPS) is 12.7. The molecular weight excluding hydrogens is 401 g/mol. The highest BCUT2D eigenvalue weighted by Gasteiger charge is 2.13. The van der Waals surface area contributed by atoms with Gasteiger partial charge in [0.05, 0.1) is 0 Å². The molecule has 1 aromatic rings. The first-order chi connectivity index (χ1) is 8.69. The minimum atomic E-state index is 0.487. The van der Waals surface area contributed by atoms with Gasteiger partial charge >= 0.3 is 0 Å². The molecule has 0 aliphatic rings. The maximum Gasteiger partial charge on any atom is 0.0331 e. The Hall–Kier alpha value is 0.390. The van der Waals surface area contributed by atoms with Crippen molar-refractivity contribution in [2.45, 2.75) is 52.0 Å². The molecule has 102 valence electrons. The summed E-state index contributed by atoms with van der Waals surface area (Å²) >= 11 is 6.08. The molecule has 1 N–H and O–H groups in total. The molecule has 18 heavy (non-hydrogen) atoms. The average molecular weight is 424 g/mol. The van der Waals surface area contributed by atoms with Gasteiger partial charge in [-0.25, -0.2) is 0 Å². The molecule has 0 radical (unpaired) electrons. The summed E-state index contributed by atoms with van der Waals surface area (Å²) in [5.41, 5.74) is 1.41. The minimum Gasteiger partial charge on any atom is -0.310 e. The van der Waals surface area contributed by atoms with Crippen LogP contribution in [0.25, 0.3) is 0 Å². The van der Waals surface area contributed by atoms with E-state index in [1.165, 1.54) is 45.7 Å². The first kappa shape index (κ1) is 16.4. The van der Waals surface area contributed by atoms with Gasteiger partial charge in [-0.2, -0.15) is 0 Å². The molecule has 1 atom stereocenters. The van der Waals surface area contributed by atoms with Crippen LogP contribution in [0.1, 0.15) is 57.6 Å². The molecule has 0 bridgehead atoms. The molecule has 0 aromatic heterocycles. The number of halogens is 2. The van der Waals surface area contributed by atoms with Gasteiger partial charge in [0.25, 0.3) is 0 Å². The molecule has 1 unspecified atom stereocenters. The lowest BCUT2D eigenvalue weighted by Gasteiger charge is -2.20. The van der Waals surface area contributed by atoms with Crippen LogP contribution in [0, 0.1) is 3.57 Å². The number of hydrogen-bond acceptors (Lipinski definition) is 1. The predicted molar refractivity (Wildman–Crippen MR) is 92.0 cm³/mol. The second-order valence-electron chi connectivity index (χ2n) is 4.67. The quantitative estimate of drug-likeness (QED) is 0.419. The second-order valence-corrected chi connectivity index (χ2v) is 6.77. The van der Waals surface area contributed by atoms with Crippen LogP contribution in [0.4, 0.5) is 0 Å². The molecule has 0 saturated heterocycles. The lowest BCUT2D eigenvalue weighted by atomic mass is 10.0. The fourth-order valence-electron chi connectivity index (χ4n) is 2.07. The van der Waals surface area contributed by atoms with Gasteiger partial charge < -0.3 is 5.32 Å². The molecule has 1 aromatic carbocycles. The zero-order valence-electron chi connectivity index (χ0n) is 11.3. The van der Waals surface area contributed by atoms with Crippen LogP contribution >= 0.6 is 38.5 Å². The van der Waals surface area contributed by atoms with E-state index in [1.807, 2.05) is 0 Å². The molecule has 0 spiro atoms. The lowest BCUT2D eigenvalue weighted by Crippen LogP contribution is -2.22. The summed E-state index contributed by atoms with van der Waals surface area (Å²) in [6.07, 6.45) is 6.33. The van der Waals surface area contributed by atoms with Crippen molar-refractivity contribution < 1.29 is 0 Å². The molecule has 0 aliphatic heterocycles. The van der Waals surface area contributed by atoms with Crippen molar-refractivity contribution >= 4 is 38.5 Å². The Morgan fingerprint density at radius 2 is 2.00 bits per heavy atom. The third-order valence-electron chi connectivity index (χ3n) is 3.07. The molecule has 0 saturated carbocycles. The van der Waals surface area contributed by atoms with Crippen LogP contribution in [-0.4, -0.2) is 6.54 Å². The Labute approximate surface area is 133 Å². The van der Waals surface area contributed by atoms with Gasteiger partial charge in [0.1, 0.15) is 0 Å². The van der Waals surface area contributed by atoms with Crippen molar-refractivity contribution in [3.05, 3.63) is 31.8 Å². The van der Waals surface area contributed by atoms with E-state index < -0.39 is 0 Å². The summed E-state index contributed by atoms with van der Waals surface area (Å²) in [6, 6.07) is 7.10. The fourth-order valence-corrected chi connectivity index (χ4v) is 3.10. The van der Waals surface area contributed by atoms with E-state index in [-0.39, 0.29) is 0 Å². The van der Waals surface area contributed by atoms with Crippen molar-refractivity contribution in [3.63, 3.8) is 0 Å². The summed E-state index contributed by atoms with van der Waals surface area (Å²) in [7, 11) is 0. The second kappa shape index (κ2) is 9.32. The van der Waals surface area contributed by atoms with Crippen LogP contribution in [0.2, 0.25) is 0 Å². The van der Waals surface area contributed by atoms with E-state index in [9.17, 15) is 0 Å². The highest BCUT2D eigenvalue weighted by Crippen LogP contribution is 2.28. The smallest absolute Gasteiger partial charge is 0.0331 e. The molecule has 0 heterocycles. The SMILES string of the molecule is CCCCCC(NCCC)c1cc(I)ccc1Br. The van der Waals surface area contributed by atoms with Crippen molar-refractivity contribution in [3.8, 4) is 0 Å². The predicted octanol–water partition coefficient (Wildman–Crippen LogP) is 5.67. The van der Waals surface area contributed by atoms with Gasteiger partial charge in [-0.1, -0.05) is 49.0 Å². The molecule has 0 aliphatic carbocycles. The third kappa shape index (κ3) is 5.57. The zero-order valence-corrected chi connectivity index (χ0v) is 15.1. The van der Waals surface area contributed by atoms with E-state index in [4.69, 9.17) is 0 Å². The number of benzene rings is 1. The van der Waals surface area contributed by atoms with Crippen molar-refractivity contribution in [2.75, 3.05) is 6.54 Å². The molecule has 0 fully saturated rings. The van der Waals surface area contributed by atoms with Gasteiger partial charge in [-0.3, -0.25) is 0 Å². The van der Waals surface area contributed by atoms with E-state index in [0.717, 1.165) is 6.54 Å². The summed E-state index contributed by atoms with van der Waals surface area (Å²) in [5.74, 6) is 0. The van der Waals surface area contributed by atoms with Crippen LogP contribution < -0.4 is 5.32 Å². The number of nitrogens with one attached hydrogen (secondary N) is 1. The zero-order chi connectivity index (χ0) is 13.4. The molecule has 1 nitrogen and oxygen atoms in total. The highest BCUT2D eigenvalue weighted by molar-refractivity contribution is 14.1. The van der Waals surface area contributed by atoms with Gasteiger partial charge in [-0.05, 0) is 65.7 Å². The summed E-state index contributed by atoms with van der Waals surface area (Å²) < 4.78 is 2.54. The number of hydrogen-bond donors (Lipinski definition) is 1. The molecule has 0 amide bonds. The first-order valence-electron chi connectivity index (χ1n) is 6.87. The Morgan fingerprint density at radius 1 is 1.22 bits per heavy atom. The van der Waals surface area contributed by atoms with E-state index in [0.29, 0.717) is 6.04 Å². The third-order valence-corrected chi connectivity index (χ3v) is 4.46. The minimum absolute atomic E-state index is 0.487. The standard InChI is InChI=1S/C15H23BrIN/c1-3-5-6-7-15(18-10-4-2)13-11-12(17)8-9-14(13)16/h8-9,11,15,18H,3-7,10H2,1-2H3. The fraction of sp³-hybridized carbons (Fsp3) is 0.600. The summed E-state index contributed by atoms with van der Waals surface area (Å²) in [5, 5.41) is 3.68. The van der Waals surface area contributed by atoms with Gasteiger partial charge in [0.2, 0.25) is 0 Å². The molecular formula is C15H23BrIN. The number of rotatable bonds is 8. The highest BCUT2D eigenvalue weighted by atomic mass is 127. The van der Waals surface area contributed by atoms with E-state index in [1.54, 1.807) is 0 Å². The van der Waals surface area contributed by atoms with Crippen molar-refractivity contribution in [2.24, 2.45) is 0 Å². The Balaban J connectivity index is 2.75. The van der Waals surface area contributed by atoms with Gasteiger partial charge in [0.15, 0.2) is 0 Å². The average Bonchev–Trinajstić information content (AvgIpc) is 2.37. The number of unbranched alkanes of at least 4 members (excludes halogenated alkanes) is 2. The molecule has 1 rings (SSSR count). The van der Waals surface area contributed by atoms with Crippen LogP contribution in [0.15, 0.2) is 22.7 Å². The van der Waals surface area contributed by atoms with Crippen molar-refractivity contribution in [1.82, 2.24) is 5.32 Å². The Morgan fingerprint density at radius 3 is 2.67 bits per heavy atom. The summed E-state index contributed by atoms with van der Waals surface area (Å²) in [6.45, 7) is 5.57. The van der Waals surface area contributed by atoms with Gasteiger partial charge in [0, 0.05) is 14.1 Å². The lowest BCUT2D eigenvalue weighted by molar-refractivity contribution is 0.473. The van der Waals surface area contributed by atoms with Crippen LogP contribution in [0.5, 0.6) is 0 Å². The van der Waals surface area contributed by atoms with Crippen LogP contribution in [-0.2, 0) is 0 Å².